The Bertz CT molecular complexity index is 1510. The molecule has 12 nitrogen and oxygen atoms in total. The normalized spacial score (nSPS) is 14.0. The molecule has 0 saturated carbocycles. The lowest BCUT2D eigenvalue weighted by Crippen LogP contribution is -2.58. The molecule has 0 aliphatic carbocycles. The van der Waals surface area contributed by atoms with E-state index in [1.165, 1.54) is 12.5 Å². The van der Waals surface area contributed by atoms with Crippen molar-refractivity contribution in [2.75, 3.05) is 5.75 Å². The second-order valence-corrected chi connectivity index (χ2v) is 10.2. The van der Waals surface area contributed by atoms with Crippen molar-refractivity contribution in [3.8, 4) is 0 Å². The van der Waals surface area contributed by atoms with Crippen molar-refractivity contribution in [2.24, 2.45) is 5.73 Å². The Kier molecular flexibility index (Phi) is 10.3. The van der Waals surface area contributed by atoms with E-state index in [2.05, 4.69) is 43.5 Å². The molecular formula is C29H33N7O5S. The SMILES string of the molecule is NC(Cc1c[nH]c2ccccc12)C(=O)NC(Cc1cnc[nH]1)C(=O)NC(Cc1ccccc1)C(=O)NC(CS)C(=O)O. The first-order valence-electron chi connectivity index (χ1n) is 13.3. The van der Waals surface area contributed by atoms with E-state index in [-0.39, 0.29) is 25.0 Å². The van der Waals surface area contributed by atoms with Crippen LogP contribution in [0.4, 0.5) is 0 Å². The van der Waals surface area contributed by atoms with Gasteiger partial charge in [-0.15, -0.1) is 0 Å². The van der Waals surface area contributed by atoms with Crippen LogP contribution in [-0.4, -0.2) is 73.7 Å². The number of para-hydroxylation sites is 1. The standard InChI is InChI=1S/C29H33N7O5S/c30-21(11-18-13-32-22-9-5-4-8-20(18)22)26(37)34-24(12-19-14-31-16-33-19)28(39)35-23(10-17-6-2-1-3-7-17)27(38)36-25(15-42)29(40)41/h1-9,13-14,16,21,23-25,32,42H,10-12,15,30H2,(H,31,33)(H,34,37)(H,35,39)(H,36,38)(H,40,41). The van der Waals surface area contributed by atoms with Crippen LogP contribution in [0.2, 0.25) is 0 Å². The Labute approximate surface area is 247 Å². The molecule has 4 unspecified atom stereocenters. The first-order valence-corrected chi connectivity index (χ1v) is 13.9. The highest BCUT2D eigenvalue weighted by atomic mass is 32.1. The summed E-state index contributed by atoms with van der Waals surface area (Å²) in [6, 6.07) is 12.1. The number of hydrogen-bond acceptors (Lipinski definition) is 7. The number of aromatic amines is 2. The molecule has 4 atom stereocenters. The summed E-state index contributed by atoms with van der Waals surface area (Å²) in [7, 11) is 0. The largest absolute Gasteiger partial charge is 0.480 e. The molecule has 2 heterocycles. The van der Waals surface area contributed by atoms with Gasteiger partial charge in [-0.1, -0.05) is 48.5 Å². The maximum atomic E-state index is 13.6. The number of carbonyl (C=O) groups excluding carboxylic acids is 3. The molecule has 4 rings (SSSR count). The maximum absolute atomic E-state index is 13.6. The summed E-state index contributed by atoms with van der Waals surface area (Å²) in [6.45, 7) is 0. The maximum Gasteiger partial charge on any atom is 0.327 e. The number of H-pyrrole nitrogens is 2. The quantitative estimate of drug-likeness (QED) is 0.0989. The fourth-order valence-electron chi connectivity index (χ4n) is 4.52. The number of rotatable bonds is 14. The summed E-state index contributed by atoms with van der Waals surface area (Å²) in [6.07, 6.45) is 5.14. The van der Waals surface area contributed by atoms with Gasteiger partial charge in [-0.05, 0) is 23.6 Å². The van der Waals surface area contributed by atoms with Crippen LogP contribution in [-0.2, 0) is 38.4 Å². The smallest absolute Gasteiger partial charge is 0.327 e. The Hall–Kier alpha value is -4.62. The molecule has 0 aliphatic heterocycles. The summed E-state index contributed by atoms with van der Waals surface area (Å²) in [5, 5.41) is 18.2. The number of nitrogens with one attached hydrogen (secondary N) is 5. The van der Waals surface area contributed by atoms with E-state index < -0.39 is 47.9 Å². The highest BCUT2D eigenvalue weighted by Gasteiger charge is 2.31. The molecule has 220 valence electrons. The zero-order chi connectivity index (χ0) is 30.1. The minimum atomic E-state index is -1.25. The minimum Gasteiger partial charge on any atom is -0.480 e. The summed E-state index contributed by atoms with van der Waals surface area (Å²) >= 11 is 4.00. The molecule has 0 bridgehead atoms. The van der Waals surface area contributed by atoms with Crippen molar-refractivity contribution in [2.45, 2.75) is 43.4 Å². The lowest BCUT2D eigenvalue weighted by atomic mass is 10.0. The van der Waals surface area contributed by atoms with Crippen LogP contribution in [0.25, 0.3) is 10.9 Å². The first-order chi connectivity index (χ1) is 20.2. The second-order valence-electron chi connectivity index (χ2n) is 9.85. The van der Waals surface area contributed by atoms with Gasteiger partial charge in [0.25, 0.3) is 0 Å². The van der Waals surface area contributed by atoms with E-state index >= 15 is 0 Å². The van der Waals surface area contributed by atoms with Gasteiger partial charge in [0, 0.05) is 47.6 Å². The fraction of sp³-hybridized carbons (Fsp3) is 0.276. The summed E-state index contributed by atoms with van der Waals surface area (Å²) in [5.74, 6) is -3.29. The van der Waals surface area contributed by atoms with Gasteiger partial charge in [0.05, 0.1) is 12.4 Å². The number of benzene rings is 2. The number of nitrogens with zero attached hydrogens (tertiary/aromatic N) is 1. The molecule has 4 aromatic rings. The molecule has 0 aliphatic rings. The third-order valence-electron chi connectivity index (χ3n) is 6.78. The Morgan fingerprint density at radius 2 is 1.48 bits per heavy atom. The van der Waals surface area contributed by atoms with Crippen LogP contribution >= 0.6 is 12.6 Å². The predicted octanol–water partition coefficient (Wildman–Crippen LogP) is 0.715. The Morgan fingerprint density at radius 3 is 2.14 bits per heavy atom. The predicted molar refractivity (Wildman–Crippen MR) is 160 cm³/mol. The number of imidazole rings is 1. The Morgan fingerprint density at radius 1 is 0.833 bits per heavy atom. The Balaban J connectivity index is 1.51. The van der Waals surface area contributed by atoms with E-state index in [9.17, 15) is 24.3 Å². The van der Waals surface area contributed by atoms with E-state index in [4.69, 9.17) is 5.73 Å². The number of nitrogens with two attached hydrogens (primary N) is 1. The van der Waals surface area contributed by atoms with E-state index in [1.807, 2.05) is 30.3 Å². The lowest BCUT2D eigenvalue weighted by molar-refractivity contribution is -0.141. The molecular weight excluding hydrogens is 558 g/mol. The number of amides is 3. The number of hydrogen-bond donors (Lipinski definition) is 8. The highest BCUT2D eigenvalue weighted by Crippen LogP contribution is 2.19. The van der Waals surface area contributed by atoms with Crippen LogP contribution in [0.3, 0.4) is 0 Å². The average Bonchev–Trinajstić information content (AvgIpc) is 3.65. The number of thiol groups is 1. The van der Waals surface area contributed by atoms with Crippen molar-refractivity contribution in [3.63, 3.8) is 0 Å². The van der Waals surface area contributed by atoms with E-state index in [0.717, 1.165) is 22.0 Å². The number of aromatic nitrogens is 3. The van der Waals surface area contributed by atoms with Gasteiger partial charge in [-0.2, -0.15) is 12.6 Å². The average molecular weight is 592 g/mol. The van der Waals surface area contributed by atoms with Crippen molar-refractivity contribution in [3.05, 3.63) is 90.1 Å². The molecule has 13 heteroatoms. The topological polar surface area (TPSA) is 195 Å². The number of aliphatic carboxylic acids is 1. The molecule has 42 heavy (non-hydrogen) atoms. The zero-order valence-electron chi connectivity index (χ0n) is 22.6. The van der Waals surface area contributed by atoms with Gasteiger partial charge in [0.2, 0.25) is 17.7 Å². The van der Waals surface area contributed by atoms with Crippen LogP contribution in [0.5, 0.6) is 0 Å². The van der Waals surface area contributed by atoms with Gasteiger partial charge >= 0.3 is 5.97 Å². The summed E-state index contributed by atoms with van der Waals surface area (Å²) in [4.78, 5) is 61.5. The molecule has 3 amide bonds. The number of carboxylic acid groups (broad SMARTS) is 1. The zero-order valence-corrected chi connectivity index (χ0v) is 23.5. The molecule has 2 aromatic heterocycles. The van der Waals surface area contributed by atoms with Crippen molar-refractivity contribution >= 4 is 47.2 Å². The third-order valence-corrected chi connectivity index (χ3v) is 7.14. The molecule has 0 radical (unpaired) electrons. The van der Waals surface area contributed by atoms with E-state index in [0.29, 0.717) is 5.69 Å². The van der Waals surface area contributed by atoms with Crippen molar-refractivity contribution in [1.82, 2.24) is 30.9 Å². The monoisotopic (exact) mass is 591 g/mol. The molecule has 0 saturated heterocycles. The third kappa shape index (κ3) is 7.98. The van der Waals surface area contributed by atoms with E-state index in [1.54, 1.807) is 30.5 Å². The van der Waals surface area contributed by atoms with Crippen LogP contribution < -0.4 is 21.7 Å². The second kappa shape index (κ2) is 14.3. The van der Waals surface area contributed by atoms with Crippen LogP contribution in [0, 0.1) is 0 Å². The minimum absolute atomic E-state index is 0.0471. The van der Waals surface area contributed by atoms with Gasteiger partial charge in [0.15, 0.2) is 0 Å². The summed E-state index contributed by atoms with van der Waals surface area (Å²) in [5.41, 5.74) is 9.36. The first kappa shape index (κ1) is 30.3. The lowest BCUT2D eigenvalue weighted by Gasteiger charge is -2.25. The van der Waals surface area contributed by atoms with Gasteiger partial charge in [-0.3, -0.25) is 14.4 Å². The number of carbonyl (C=O) groups is 4. The van der Waals surface area contributed by atoms with Gasteiger partial charge in [-0.25, -0.2) is 9.78 Å². The van der Waals surface area contributed by atoms with Crippen LogP contribution in [0.15, 0.2) is 73.3 Å². The van der Waals surface area contributed by atoms with Crippen LogP contribution in [0.1, 0.15) is 16.8 Å². The summed E-state index contributed by atoms with van der Waals surface area (Å²) < 4.78 is 0. The van der Waals surface area contributed by atoms with Gasteiger partial charge in [0.1, 0.15) is 18.1 Å². The number of carboxylic acids is 1. The molecule has 0 fully saturated rings. The number of fused-ring (bicyclic) bond motifs is 1. The molecule has 0 spiro atoms. The fourth-order valence-corrected chi connectivity index (χ4v) is 4.77. The highest BCUT2D eigenvalue weighted by molar-refractivity contribution is 7.80. The van der Waals surface area contributed by atoms with Crippen molar-refractivity contribution in [1.29, 1.82) is 0 Å². The van der Waals surface area contributed by atoms with Gasteiger partial charge < -0.3 is 36.8 Å². The van der Waals surface area contributed by atoms with Crippen molar-refractivity contribution < 1.29 is 24.3 Å². The molecule has 2 aromatic carbocycles. The molecule has 8 N–H and O–H groups in total.